The van der Waals surface area contributed by atoms with E-state index in [1.54, 1.807) is 19.1 Å². The minimum Gasteiger partial charge on any atom is -0.369 e. The minimum atomic E-state index is -3.79. The number of rotatable bonds is 7. The van der Waals surface area contributed by atoms with E-state index >= 15 is 0 Å². The summed E-state index contributed by atoms with van der Waals surface area (Å²) in [6.07, 6.45) is 0.512. The van der Waals surface area contributed by atoms with Crippen molar-refractivity contribution in [2.24, 2.45) is 5.73 Å². The van der Waals surface area contributed by atoms with Crippen molar-refractivity contribution in [3.05, 3.63) is 65.2 Å². The Morgan fingerprint density at radius 1 is 1.08 bits per heavy atom. The zero-order valence-corrected chi connectivity index (χ0v) is 14.7. The van der Waals surface area contributed by atoms with Crippen LogP contribution in [0.2, 0.25) is 0 Å². The fraction of sp³-hybridized carbons (Fsp3) is 0.278. The van der Waals surface area contributed by atoms with Gasteiger partial charge in [-0.3, -0.25) is 4.79 Å². The molecule has 2 N–H and O–H groups in total. The lowest BCUT2D eigenvalue weighted by Crippen LogP contribution is -2.40. The molecule has 0 unspecified atom stereocenters. The Hall–Kier alpha value is -2.18. The summed E-state index contributed by atoms with van der Waals surface area (Å²) in [5, 5.41) is 0. The second kappa shape index (κ2) is 7.59. The summed E-state index contributed by atoms with van der Waals surface area (Å²) in [5.41, 5.74) is 7.76. The van der Waals surface area contributed by atoms with Crippen LogP contribution in [-0.4, -0.2) is 31.7 Å². The quantitative estimate of drug-likeness (QED) is 0.833. The first kappa shape index (κ1) is 18.2. The molecule has 2 aromatic carbocycles. The Labute approximate surface area is 143 Å². The molecule has 0 aliphatic rings. The summed E-state index contributed by atoms with van der Waals surface area (Å²) in [5.74, 6) is -0.669. The van der Waals surface area contributed by atoms with Crippen molar-refractivity contribution in [2.75, 3.05) is 13.1 Å². The average Bonchev–Trinajstić information content (AvgIpc) is 2.54. The SMILES string of the molecule is Cc1ccc(C)c(S(=O)(=O)N(CCc2ccccc2)CC(N)=O)c1. The summed E-state index contributed by atoms with van der Waals surface area (Å²) in [4.78, 5) is 11.6. The van der Waals surface area contributed by atoms with Crippen LogP contribution in [0.4, 0.5) is 0 Å². The lowest BCUT2D eigenvalue weighted by Gasteiger charge is -2.22. The van der Waals surface area contributed by atoms with Crippen LogP contribution < -0.4 is 5.73 Å². The number of nitrogens with zero attached hydrogens (tertiary/aromatic N) is 1. The molecule has 5 nitrogen and oxygen atoms in total. The van der Waals surface area contributed by atoms with Crippen LogP contribution in [-0.2, 0) is 21.2 Å². The number of primary amides is 1. The van der Waals surface area contributed by atoms with Crippen molar-refractivity contribution in [1.29, 1.82) is 0 Å². The van der Waals surface area contributed by atoms with Crippen LogP contribution in [0, 0.1) is 13.8 Å². The molecule has 0 saturated carbocycles. The molecule has 1 amide bonds. The monoisotopic (exact) mass is 346 g/mol. The summed E-state index contributed by atoms with van der Waals surface area (Å²) in [7, 11) is -3.79. The van der Waals surface area contributed by atoms with Gasteiger partial charge in [-0.15, -0.1) is 0 Å². The van der Waals surface area contributed by atoms with Gasteiger partial charge in [0.1, 0.15) is 0 Å². The highest BCUT2D eigenvalue weighted by Crippen LogP contribution is 2.21. The Morgan fingerprint density at radius 2 is 1.75 bits per heavy atom. The second-order valence-electron chi connectivity index (χ2n) is 5.81. The van der Waals surface area contributed by atoms with Gasteiger partial charge < -0.3 is 5.73 Å². The molecule has 0 bridgehead atoms. The number of benzene rings is 2. The van der Waals surface area contributed by atoms with Gasteiger partial charge in [0.2, 0.25) is 15.9 Å². The summed E-state index contributed by atoms with van der Waals surface area (Å²) in [6, 6.07) is 14.8. The molecule has 2 rings (SSSR count). The van der Waals surface area contributed by atoms with Gasteiger partial charge in [0.15, 0.2) is 0 Å². The maximum Gasteiger partial charge on any atom is 0.243 e. The molecule has 0 radical (unpaired) electrons. The minimum absolute atomic E-state index is 0.197. The largest absolute Gasteiger partial charge is 0.369 e. The standard InChI is InChI=1S/C18H22N2O3S/c1-14-8-9-15(2)17(12-14)24(22,23)20(13-18(19)21)11-10-16-6-4-3-5-7-16/h3-9,12H,10-11,13H2,1-2H3,(H2,19,21). The number of amides is 1. The molecule has 24 heavy (non-hydrogen) atoms. The maximum absolute atomic E-state index is 13.0. The molecule has 0 spiro atoms. The second-order valence-corrected chi connectivity index (χ2v) is 7.72. The number of hydrogen-bond acceptors (Lipinski definition) is 3. The van der Waals surface area contributed by atoms with Crippen molar-refractivity contribution in [3.63, 3.8) is 0 Å². The summed E-state index contributed by atoms with van der Waals surface area (Å²) in [6.45, 7) is 3.44. The van der Waals surface area contributed by atoms with E-state index in [0.29, 0.717) is 12.0 Å². The molecule has 0 aliphatic carbocycles. The Bertz CT molecular complexity index is 817. The van der Waals surface area contributed by atoms with Gasteiger partial charge in [0.05, 0.1) is 11.4 Å². The molecule has 0 aromatic heterocycles. The number of sulfonamides is 1. The predicted molar refractivity (Wildman–Crippen MR) is 94.0 cm³/mol. The molecule has 128 valence electrons. The molecule has 0 fully saturated rings. The van der Waals surface area contributed by atoms with Gasteiger partial charge in [0, 0.05) is 6.54 Å². The molecule has 2 aromatic rings. The maximum atomic E-state index is 13.0. The first-order chi connectivity index (χ1) is 11.3. The van der Waals surface area contributed by atoms with Gasteiger partial charge in [-0.1, -0.05) is 42.5 Å². The van der Waals surface area contributed by atoms with E-state index < -0.39 is 15.9 Å². The highest BCUT2D eigenvalue weighted by molar-refractivity contribution is 7.89. The third kappa shape index (κ3) is 4.43. The normalized spacial score (nSPS) is 11.6. The van der Waals surface area contributed by atoms with Gasteiger partial charge in [-0.25, -0.2) is 8.42 Å². The molecule has 0 atom stereocenters. The van der Waals surface area contributed by atoms with Crippen LogP contribution in [0.3, 0.4) is 0 Å². The highest BCUT2D eigenvalue weighted by atomic mass is 32.2. The number of aryl methyl sites for hydroxylation is 2. The van der Waals surface area contributed by atoms with E-state index in [-0.39, 0.29) is 18.0 Å². The van der Waals surface area contributed by atoms with Crippen molar-refractivity contribution in [1.82, 2.24) is 4.31 Å². The third-order valence-corrected chi connectivity index (χ3v) is 5.77. The molecular weight excluding hydrogens is 324 g/mol. The van der Waals surface area contributed by atoms with E-state index in [1.807, 2.05) is 43.3 Å². The van der Waals surface area contributed by atoms with Crippen LogP contribution in [0.15, 0.2) is 53.4 Å². The van der Waals surface area contributed by atoms with Crippen LogP contribution in [0.25, 0.3) is 0 Å². The third-order valence-electron chi connectivity index (χ3n) is 3.79. The number of nitrogens with two attached hydrogens (primary N) is 1. The number of hydrogen-bond donors (Lipinski definition) is 1. The fourth-order valence-electron chi connectivity index (χ4n) is 2.48. The van der Waals surface area contributed by atoms with Gasteiger partial charge in [-0.2, -0.15) is 4.31 Å². The van der Waals surface area contributed by atoms with Gasteiger partial charge in [0.25, 0.3) is 0 Å². The zero-order chi connectivity index (χ0) is 17.7. The molecule has 0 heterocycles. The van der Waals surface area contributed by atoms with Crippen LogP contribution in [0.5, 0.6) is 0 Å². The van der Waals surface area contributed by atoms with E-state index in [9.17, 15) is 13.2 Å². The molecule has 0 aliphatic heterocycles. The lowest BCUT2D eigenvalue weighted by molar-refractivity contribution is -0.118. The van der Waals surface area contributed by atoms with Crippen LogP contribution >= 0.6 is 0 Å². The Kier molecular flexibility index (Phi) is 5.75. The molecular formula is C18H22N2O3S. The van der Waals surface area contributed by atoms with E-state index in [1.165, 1.54) is 0 Å². The summed E-state index contributed by atoms with van der Waals surface area (Å²) >= 11 is 0. The Balaban J connectivity index is 2.31. The zero-order valence-electron chi connectivity index (χ0n) is 13.9. The van der Waals surface area contributed by atoms with E-state index in [4.69, 9.17) is 5.73 Å². The Morgan fingerprint density at radius 3 is 2.38 bits per heavy atom. The fourth-order valence-corrected chi connectivity index (χ4v) is 4.20. The number of carbonyl (C=O) groups excluding carboxylic acids is 1. The number of carbonyl (C=O) groups is 1. The summed E-state index contributed by atoms with van der Waals surface area (Å²) < 4.78 is 27.1. The van der Waals surface area contributed by atoms with Crippen molar-refractivity contribution >= 4 is 15.9 Å². The topological polar surface area (TPSA) is 80.5 Å². The van der Waals surface area contributed by atoms with Crippen molar-refractivity contribution in [3.8, 4) is 0 Å². The average molecular weight is 346 g/mol. The van der Waals surface area contributed by atoms with E-state index in [2.05, 4.69) is 0 Å². The van der Waals surface area contributed by atoms with Crippen molar-refractivity contribution < 1.29 is 13.2 Å². The first-order valence-corrected chi connectivity index (χ1v) is 9.14. The van der Waals surface area contributed by atoms with Crippen LogP contribution in [0.1, 0.15) is 16.7 Å². The van der Waals surface area contributed by atoms with Crippen molar-refractivity contribution in [2.45, 2.75) is 25.2 Å². The first-order valence-electron chi connectivity index (χ1n) is 7.70. The lowest BCUT2D eigenvalue weighted by atomic mass is 10.1. The highest BCUT2D eigenvalue weighted by Gasteiger charge is 2.27. The molecule has 6 heteroatoms. The molecule has 0 saturated heterocycles. The van der Waals surface area contributed by atoms with E-state index in [0.717, 1.165) is 15.4 Å². The predicted octanol–water partition coefficient (Wildman–Crippen LogP) is 2.02. The van der Waals surface area contributed by atoms with Gasteiger partial charge in [-0.05, 0) is 43.0 Å². The van der Waals surface area contributed by atoms with Gasteiger partial charge >= 0.3 is 0 Å². The smallest absolute Gasteiger partial charge is 0.243 e.